The maximum absolute atomic E-state index is 11.9. The molecule has 1 aromatic heterocycles. The molecule has 0 aliphatic heterocycles. The molecular formula is C11H13N3O. The predicted octanol–water partition coefficient (Wildman–Crippen LogP) is 1.52. The number of aromatic nitrogens is 2. The van der Waals surface area contributed by atoms with E-state index in [1.165, 1.54) is 4.68 Å². The van der Waals surface area contributed by atoms with Crippen LogP contribution < -0.4 is 10.9 Å². The SMILES string of the molecule is CNc1c(C)[nH]n(-c2ccccc2)c1=O. The summed E-state index contributed by atoms with van der Waals surface area (Å²) in [6.45, 7) is 1.87. The van der Waals surface area contributed by atoms with Crippen LogP contribution in [0.1, 0.15) is 5.69 Å². The second kappa shape index (κ2) is 3.65. The molecule has 0 spiro atoms. The van der Waals surface area contributed by atoms with Gasteiger partial charge in [-0.1, -0.05) is 18.2 Å². The maximum atomic E-state index is 11.9. The number of hydrogen-bond donors (Lipinski definition) is 2. The Bertz CT molecular complexity index is 510. The van der Waals surface area contributed by atoms with E-state index in [1.807, 2.05) is 37.3 Å². The Morgan fingerprint density at radius 3 is 2.47 bits per heavy atom. The average Bonchev–Trinajstić information content (AvgIpc) is 2.55. The van der Waals surface area contributed by atoms with Crippen molar-refractivity contribution < 1.29 is 0 Å². The molecule has 0 bridgehead atoms. The van der Waals surface area contributed by atoms with Gasteiger partial charge >= 0.3 is 0 Å². The van der Waals surface area contributed by atoms with E-state index in [1.54, 1.807) is 7.05 Å². The van der Waals surface area contributed by atoms with Gasteiger partial charge in [-0.25, -0.2) is 4.68 Å². The van der Waals surface area contributed by atoms with Crippen molar-refractivity contribution in [1.29, 1.82) is 0 Å². The quantitative estimate of drug-likeness (QED) is 0.777. The molecule has 0 amide bonds. The molecule has 1 aromatic carbocycles. The number of H-pyrrole nitrogens is 1. The van der Waals surface area contributed by atoms with Gasteiger partial charge in [0.1, 0.15) is 5.69 Å². The maximum Gasteiger partial charge on any atom is 0.294 e. The molecule has 0 saturated heterocycles. The van der Waals surface area contributed by atoms with Crippen molar-refractivity contribution in [3.05, 3.63) is 46.4 Å². The number of rotatable bonds is 2. The minimum Gasteiger partial charge on any atom is -0.382 e. The highest BCUT2D eigenvalue weighted by atomic mass is 16.1. The summed E-state index contributed by atoms with van der Waals surface area (Å²) in [4.78, 5) is 11.9. The van der Waals surface area contributed by atoms with Gasteiger partial charge in [0.2, 0.25) is 0 Å². The summed E-state index contributed by atoms with van der Waals surface area (Å²) < 4.78 is 1.53. The standard InChI is InChI=1S/C11H13N3O/c1-8-10(12-2)11(15)14(13-8)9-6-4-3-5-7-9/h3-7,12-13H,1-2H3. The Hall–Kier alpha value is -1.97. The van der Waals surface area contributed by atoms with Gasteiger partial charge < -0.3 is 5.32 Å². The minimum atomic E-state index is -0.0544. The van der Waals surface area contributed by atoms with Crippen LogP contribution in [-0.2, 0) is 0 Å². The van der Waals surface area contributed by atoms with Gasteiger partial charge in [0.15, 0.2) is 0 Å². The Morgan fingerprint density at radius 1 is 1.27 bits per heavy atom. The zero-order valence-corrected chi connectivity index (χ0v) is 8.74. The number of aromatic amines is 1. The summed E-state index contributed by atoms with van der Waals surface area (Å²) in [7, 11) is 1.74. The summed E-state index contributed by atoms with van der Waals surface area (Å²) in [5.74, 6) is 0. The second-order valence-corrected chi connectivity index (χ2v) is 3.34. The van der Waals surface area contributed by atoms with E-state index in [-0.39, 0.29) is 5.56 Å². The number of nitrogens with one attached hydrogen (secondary N) is 2. The topological polar surface area (TPSA) is 49.8 Å². The van der Waals surface area contributed by atoms with Crippen LogP contribution in [0.15, 0.2) is 35.1 Å². The zero-order chi connectivity index (χ0) is 10.8. The van der Waals surface area contributed by atoms with Crippen LogP contribution in [-0.4, -0.2) is 16.8 Å². The third-order valence-electron chi connectivity index (χ3n) is 2.34. The van der Waals surface area contributed by atoms with Crippen molar-refractivity contribution in [2.45, 2.75) is 6.92 Å². The summed E-state index contributed by atoms with van der Waals surface area (Å²) in [5, 5.41) is 5.91. The fourth-order valence-corrected chi connectivity index (χ4v) is 1.60. The van der Waals surface area contributed by atoms with E-state index in [0.29, 0.717) is 5.69 Å². The highest BCUT2D eigenvalue weighted by Gasteiger charge is 2.09. The first-order valence-corrected chi connectivity index (χ1v) is 4.79. The lowest BCUT2D eigenvalue weighted by Crippen LogP contribution is -2.16. The molecule has 2 aromatic rings. The third kappa shape index (κ3) is 1.54. The van der Waals surface area contributed by atoms with Gasteiger partial charge in [0, 0.05) is 7.05 Å². The van der Waals surface area contributed by atoms with Gasteiger partial charge in [0.25, 0.3) is 5.56 Å². The molecule has 0 fully saturated rings. The fraction of sp³-hybridized carbons (Fsp3) is 0.182. The van der Waals surface area contributed by atoms with E-state index in [4.69, 9.17) is 0 Å². The first kappa shape index (κ1) is 9.58. The normalized spacial score (nSPS) is 10.3. The van der Waals surface area contributed by atoms with E-state index >= 15 is 0 Å². The van der Waals surface area contributed by atoms with Gasteiger partial charge in [-0.2, -0.15) is 0 Å². The summed E-state index contributed by atoms with van der Waals surface area (Å²) >= 11 is 0. The van der Waals surface area contributed by atoms with Crippen LogP contribution in [0, 0.1) is 6.92 Å². The first-order valence-electron chi connectivity index (χ1n) is 4.79. The molecule has 1 heterocycles. The van der Waals surface area contributed by atoms with E-state index in [9.17, 15) is 4.79 Å². The van der Waals surface area contributed by atoms with Crippen LogP contribution in [0.5, 0.6) is 0 Å². The smallest absolute Gasteiger partial charge is 0.294 e. The molecule has 0 aliphatic carbocycles. The van der Waals surface area contributed by atoms with Crippen LogP contribution in [0.2, 0.25) is 0 Å². The first-order chi connectivity index (χ1) is 7.24. The molecule has 4 heteroatoms. The zero-order valence-electron chi connectivity index (χ0n) is 8.74. The van der Waals surface area contributed by atoms with Crippen LogP contribution in [0.3, 0.4) is 0 Å². The largest absolute Gasteiger partial charge is 0.382 e. The molecule has 15 heavy (non-hydrogen) atoms. The molecule has 2 N–H and O–H groups in total. The Balaban J connectivity index is 2.61. The van der Waals surface area contributed by atoms with E-state index < -0.39 is 0 Å². The molecule has 0 atom stereocenters. The van der Waals surface area contributed by atoms with Crippen LogP contribution in [0.25, 0.3) is 5.69 Å². The van der Waals surface area contributed by atoms with Gasteiger partial charge in [-0.15, -0.1) is 0 Å². The van der Waals surface area contributed by atoms with Crippen molar-refractivity contribution >= 4 is 5.69 Å². The van der Waals surface area contributed by atoms with Crippen molar-refractivity contribution in [2.24, 2.45) is 0 Å². The van der Waals surface area contributed by atoms with Crippen LogP contribution >= 0.6 is 0 Å². The second-order valence-electron chi connectivity index (χ2n) is 3.34. The van der Waals surface area contributed by atoms with Gasteiger partial charge in [-0.3, -0.25) is 9.89 Å². The minimum absolute atomic E-state index is 0.0544. The molecule has 78 valence electrons. The summed E-state index contributed by atoms with van der Waals surface area (Å²) in [6, 6.07) is 9.49. The molecule has 4 nitrogen and oxygen atoms in total. The lowest BCUT2D eigenvalue weighted by atomic mass is 10.3. The Kier molecular flexibility index (Phi) is 2.33. The van der Waals surface area contributed by atoms with Gasteiger partial charge in [0.05, 0.1) is 11.4 Å². The summed E-state index contributed by atoms with van der Waals surface area (Å²) in [5.41, 5.74) is 2.23. The number of anilines is 1. The van der Waals surface area contributed by atoms with Crippen LogP contribution in [0.4, 0.5) is 5.69 Å². The molecule has 0 radical (unpaired) electrons. The van der Waals surface area contributed by atoms with Crippen molar-refractivity contribution in [1.82, 2.24) is 9.78 Å². The lowest BCUT2D eigenvalue weighted by molar-refractivity contribution is 0.835. The number of hydrogen-bond acceptors (Lipinski definition) is 2. The van der Waals surface area contributed by atoms with Gasteiger partial charge in [-0.05, 0) is 19.1 Å². The Morgan fingerprint density at radius 2 is 1.93 bits per heavy atom. The monoisotopic (exact) mass is 203 g/mol. The molecular weight excluding hydrogens is 190 g/mol. The highest BCUT2D eigenvalue weighted by molar-refractivity contribution is 5.47. The average molecular weight is 203 g/mol. The number of nitrogens with zero attached hydrogens (tertiary/aromatic N) is 1. The third-order valence-corrected chi connectivity index (χ3v) is 2.34. The number of benzene rings is 1. The molecule has 0 aliphatic rings. The number of para-hydroxylation sites is 1. The van der Waals surface area contributed by atoms with E-state index in [0.717, 1.165) is 11.4 Å². The fourth-order valence-electron chi connectivity index (χ4n) is 1.60. The Labute approximate surface area is 87.5 Å². The number of aryl methyl sites for hydroxylation is 1. The molecule has 0 unspecified atom stereocenters. The molecule has 2 rings (SSSR count). The highest BCUT2D eigenvalue weighted by Crippen LogP contribution is 2.09. The molecule has 0 saturated carbocycles. The van der Waals surface area contributed by atoms with Crippen molar-refractivity contribution in [2.75, 3.05) is 12.4 Å². The van der Waals surface area contributed by atoms with Crippen molar-refractivity contribution in [3.8, 4) is 5.69 Å². The predicted molar refractivity (Wildman–Crippen MR) is 60.7 cm³/mol. The van der Waals surface area contributed by atoms with E-state index in [2.05, 4.69) is 10.4 Å². The lowest BCUT2D eigenvalue weighted by Gasteiger charge is -1.99. The summed E-state index contributed by atoms with van der Waals surface area (Å²) in [6.07, 6.45) is 0. The van der Waals surface area contributed by atoms with Crippen molar-refractivity contribution in [3.63, 3.8) is 0 Å².